The van der Waals surface area contributed by atoms with E-state index in [1.54, 1.807) is 12.1 Å². The fourth-order valence-electron chi connectivity index (χ4n) is 2.79. The van der Waals surface area contributed by atoms with E-state index < -0.39 is 11.7 Å². The van der Waals surface area contributed by atoms with Crippen LogP contribution in [0.1, 0.15) is 26.7 Å². The first-order chi connectivity index (χ1) is 10.9. The number of Topliss-reactive ketones (excluding diaryl/α,β-unsaturated/α-hetero) is 3. The third-order valence-corrected chi connectivity index (χ3v) is 3.76. The Bertz CT molecular complexity index is 740. The minimum Gasteiger partial charge on any atom is -0.461 e. The van der Waals surface area contributed by atoms with Crippen molar-refractivity contribution in [3.8, 4) is 11.6 Å². The lowest BCUT2D eigenvalue weighted by Gasteiger charge is -2.31. The topological polar surface area (TPSA) is 108 Å². The molecule has 3 rings (SSSR count). The van der Waals surface area contributed by atoms with Crippen molar-refractivity contribution in [2.75, 3.05) is 0 Å². The van der Waals surface area contributed by atoms with E-state index in [2.05, 4.69) is 15.4 Å². The summed E-state index contributed by atoms with van der Waals surface area (Å²) in [7, 11) is 0. The molecule has 2 aromatic rings. The molecule has 1 fully saturated rings. The van der Waals surface area contributed by atoms with E-state index in [0.29, 0.717) is 5.76 Å². The first-order valence-corrected chi connectivity index (χ1v) is 7.25. The van der Waals surface area contributed by atoms with Gasteiger partial charge in [-0.1, -0.05) is 13.8 Å². The molecule has 0 aliphatic heterocycles. The Morgan fingerprint density at radius 3 is 2.65 bits per heavy atom. The summed E-state index contributed by atoms with van der Waals surface area (Å²) in [4.78, 5) is 37.6. The molecule has 8 nitrogen and oxygen atoms in total. The van der Waals surface area contributed by atoms with Gasteiger partial charge in [0.1, 0.15) is 12.5 Å². The summed E-state index contributed by atoms with van der Waals surface area (Å²) in [6.07, 6.45) is 1.91. The molecule has 2 heterocycles. The van der Waals surface area contributed by atoms with Crippen LogP contribution in [0.15, 0.2) is 22.8 Å². The number of hydrogen-bond donors (Lipinski definition) is 0. The summed E-state index contributed by atoms with van der Waals surface area (Å²) in [6, 6.07) is 3.35. The van der Waals surface area contributed by atoms with E-state index in [1.807, 2.05) is 13.8 Å². The monoisotopic (exact) mass is 316 g/mol. The van der Waals surface area contributed by atoms with E-state index in [-0.39, 0.29) is 42.2 Å². The van der Waals surface area contributed by atoms with E-state index in [9.17, 15) is 14.4 Å². The number of hydrogen-bond acceptors (Lipinski definition) is 7. The second kappa shape index (κ2) is 5.53. The lowest BCUT2D eigenvalue weighted by atomic mass is 9.70. The summed E-state index contributed by atoms with van der Waals surface area (Å²) < 4.78 is 5.14. The number of aromatic nitrogens is 4. The number of carbonyl (C=O) groups is 3. The molecule has 0 atom stereocenters. The largest absolute Gasteiger partial charge is 0.461 e. The van der Waals surface area contributed by atoms with Gasteiger partial charge in [-0.15, -0.1) is 10.2 Å². The maximum absolute atomic E-state index is 12.3. The third-order valence-electron chi connectivity index (χ3n) is 3.76. The maximum atomic E-state index is 12.3. The van der Waals surface area contributed by atoms with E-state index in [4.69, 9.17) is 4.42 Å². The molecule has 0 bridgehead atoms. The Labute approximate surface area is 131 Å². The predicted molar refractivity (Wildman–Crippen MR) is 77.0 cm³/mol. The van der Waals surface area contributed by atoms with Gasteiger partial charge in [0.05, 0.1) is 6.26 Å². The van der Waals surface area contributed by atoms with Crippen molar-refractivity contribution in [3.05, 3.63) is 18.4 Å². The van der Waals surface area contributed by atoms with Gasteiger partial charge in [-0.2, -0.15) is 4.80 Å². The van der Waals surface area contributed by atoms with E-state index in [1.165, 1.54) is 6.26 Å². The van der Waals surface area contributed by atoms with Crippen molar-refractivity contribution >= 4 is 17.3 Å². The van der Waals surface area contributed by atoms with Crippen LogP contribution in [-0.2, 0) is 20.9 Å². The van der Waals surface area contributed by atoms with Gasteiger partial charge < -0.3 is 4.42 Å². The van der Waals surface area contributed by atoms with Crippen LogP contribution in [0.5, 0.6) is 0 Å². The van der Waals surface area contributed by atoms with Crippen LogP contribution >= 0.6 is 0 Å². The van der Waals surface area contributed by atoms with Crippen molar-refractivity contribution in [1.29, 1.82) is 0 Å². The molecule has 0 N–H and O–H groups in total. The smallest absolute Gasteiger partial charge is 0.240 e. The molecule has 2 aromatic heterocycles. The molecule has 0 unspecified atom stereocenters. The van der Waals surface area contributed by atoms with Crippen molar-refractivity contribution < 1.29 is 18.8 Å². The highest BCUT2D eigenvalue weighted by Crippen LogP contribution is 2.34. The molecule has 120 valence electrons. The number of carbonyl (C=O) groups excluding carboxylic acids is 3. The Hall–Kier alpha value is -2.64. The van der Waals surface area contributed by atoms with Crippen LogP contribution < -0.4 is 0 Å². The molecule has 1 aliphatic carbocycles. The molecule has 0 radical (unpaired) electrons. The lowest BCUT2D eigenvalue weighted by molar-refractivity contribution is -0.145. The number of rotatable bonds is 4. The van der Waals surface area contributed by atoms with Crippen LogP contribution in [0.3, 0.4) is 0 Å². The van der Waals surface area contributed by atoms with Gasteiger partial charge in [-0.25, -0.2) is 0 Å². The standard InChI is InChI=1S/C15H16N4O4/c1-15(2)6-9(20)13(10(21)7-15)11(22)8-19-17-14(16-18-19)12-4-3-5-23-12/h3-5,13H,6-8H2,1-2H3. The SMILES string of the molecule is CC1(C)CC(=O)C(C(=O)Cn2nnc(-c3ccco3)n2)C(=O)C1. The molecule has 1 aliphatic rings. The van der Waals surface area contributed by atoms with Crippen LogP contribution in [0.2, 0.25) is 0 Å². The van der Waals surface area contributed by atoms with Crippen molar-refractivity contribution in [3.63, 3.8) is 0 Å². The Morgan fingerprint density at radius 2 is 2.04 bits per heavy atom. The summed E-state index contributed by atoms with van der Waals surface area (Å²) in [6.45, 7) is 3.42. The Balaban J connectivity index is 1.72. The number of furan rings is 1. The average molecular weight is 316 g/mol. The van der Waals surface area contributed by atoms with Crippen LogP contribution in [-0.4, -0.2) is 37.6 Å². The summed E-state index contributed by atoms with van der Waals surface area (Å²) in [5, 5.41) is 11.6. The first-order valence-electron chi connectivity index (χ1n) is 7.25. The first kappa shape index (κ1) is 15.3. The molecule has 23 heavy (non-hydrogen) atoms. The highest BCUT2D eigenvalue weighted by atomic mass is 16.3. The number of nitrogens with zero attached hydrogens (tertiary/aromatic N) is 4. The van der Waals surface area contributed by atoms with Crippen LogP contribution in [0, 0.1) is 11.3 Å². The van der Waals surface area contributed by atoms with Gasteiger partial charge in [0.2, 0.25) is 5.82 Å². The van der Waals surface area contributed by atoms with Crippen LogP contribution in [0.25, 0.3) is 11.6 Å². The quantitative estimate of drug-likeness (QED) is 0.776. The number of ketones is 3. The highest BCUT2D eigenvalue weighted by Gasteiger charge is 2.43. The average Bonchev–Trinajstić information content (AvgIpc) is 3.05. The Morgan fingerprint density at radius 1 is 1.35 bits per heavy atom. The zero-order valence-electron chi connectivity index (χ0n) is 12.9. The van der Waals surface area contributed by atoms with Crippen molar-refractivity contribution in [2.45, 2.75) is 33.2 Å². The van der Waals surface area contributed by atoms with Gasteiger partial charge in [-0.3, -0.25) is 14.4 Å². The van der Waals surface area contributed by atoms with Gasteiger partial charge in [0, 0.05) is 12.8 Å². The highest BCUT2D eigenvalue weighted by molar-refractivity contribution is 6.20. The zero-order chi connectivity index (χ0) is 16.6. The molecule has 0 amide bonds. The molecular weight excluding hydrogens is 300 g/mol. The molecule has 1 saturated carbocycles. The molecule has 0 spiro atoms. The second-order valence-corrected chi connectivity index (χ2v) is 6.47. The zero-order valence-corrected chi connectivity index (χ0v) is 12.9. The minimum atomic E-state index is -1.21. The molecule has 0 saturated heterocycles. The van der Waals surface area contributed by atoms with Gasteiger partial charge in [-0.05, 0) is 22.8 Å². The van der Waals surface area contributed by atoms with Gasteiger partial charge in [0.15, 0.2) is 23.1 Å². The second-order valence-electron chi connectivity index (χ2n) is 6.47. The normalized spacial score (nSPS) is 18.3. The van der Waals surface area contributed by atoms with Crippen molar-refractivity contribution in [2.24, 2.45) is 11.3 Å². The van der Waals surface area contributed by atoms with E-state index >= 15 is 0 Å². The van der Waals surface area contributed by atoms with E-state index in [0.717, 1.165) is 4.80 Å². The third kappa shape index (κ3) is 3.10. The summed E-state index contributed by atoms with van der Waals surface area (Å²) >= 11 is 0. The number of tetrazole rings is 1. The molecule has 8 heteroatoms. The minimum absolute atomic E-state index is 0.220. The van der Waals surface area contributed by atoms with Crippen molar-refractivity contribution in [1.82, 2.24) is 20.2 Å². The molecule has 0 aromatic carbocycles. The Kier molecular flexibility index (Phi) is 3.67. The fraction of sp³-hybridized carbons (Fsp3) is 0.467. The van der Waals surface area contributed by atoms with Gasteiger partial charge in [0.25, 0.3) is 0 Å². The maximum Gasteiger partial charge on any atom is 0.240 e. The van der Waals surface area contributed by atoms with Gasteiger partial charge >= 0.3 is 0 Å². The lowest BCUT2D eigenvalue weighted by Crippen LogP contribution is -2.43. The summed E-state index contributed by atoms with van der Waals surface area (Å²) in [5.41, 5.74) is -0.386. The summed E-state index contributed by atoms with van der Waals surface area (Å²) in [5.74, 6) is -1.70. The predicted octanol–water partition coefficient (Wildman–Crippen LogP) is 1.08. The molecular formula is C15H16N4O4. The van der Waals surface area contributed by atoms with Crippen LogP contribution in [0.4, 0.5) is 0 Å². The fourth-order valence-corrected chi connectivity index (χ4v) is 2.79.